The monoisotopic (exact) mass is 249 g/mol. The summed E-state index contributed by atoms with van der Waals surface area (Å²) in [5.74, 6) is -0.236. The third kappa shape index (κ3) is 3.73. The predicted molar refractivity (Wildman–Crippen MR) is 67.5 cm³/mol. The van der Waals surface area contributed by atoms with Crippen molar-refractivity contribution in [1.29, 1.82) is 0 Å². The lowest BCUT2D eigenvalue weighted by atomic mass is 9.85. The van der Waals surface area contributed by atoms with E-state index in [1.54, 1.807) is 19.1 Å². The van der Waals surface area contributed by atoms with Crippen LogP contribution in [-0.2, 0) is 10.1 Å². The Morgan fingerprint density at radius 2 is 1.69 bits per heavy atom. The lowest BCUT2D eigenvalue weighted by molar-refractivity contribution is 0.328. The van der Waals surface area contributed by atoms with Gasteiger partial charge in [0.1, 0.15) is 10.1 Å². The van der Waals surface area contributed by atoms with Gasteiger partial charge in [-0.05, 0) is 32.1 Å². The SMILES string of the molecule is C=CCC(CC=C)C(C)(CC)S(=O)(=O)[O-].[NH4+]. The lowest BCUT2D eigenvalue weighted by Crippen LogP contribution is -2.42. The molecule has 0 bridgehead atoms. The second-order valence-corrected chi connectivity index (χ2v) is 5.71. The van der Waals surface area contributed by atoms with Crippen molar-refractivity contribution in [2.75, 3.05) is 0 Å². The summed E-state index contributed by atoms with van der Waals surface area (Å²) in [7, 11) is -4.30. The van der Waals surface area contributed by atoms with Crippen LogP contribution in [-0.4, -0.2) is 17.7 Å². The van der Waals surface area contributed by atoms with Gasteiger partial charge < -0.3 is 10.7 Å². The largest absolute Gasteiger partial charge is 0.748 e. The minimum atomic E-state index is -4.30. The fourth-order valence-corrected chi connectivity index (χ4v) is 2.62. The number of hydrogen-bond acceptors (Lipinski definition) is 3. The second-order valence-electron chi connectivity index (χ2n) is 3.87. The molecule has 0 spiro atoms. The minimum Gasteiger partial charge on any atom is -0.748 e. The van der Waals surface area contributed by atoms with Crippen molar-refractivity contribution in [2.24, 2.45) is 5.92 Å². The zero-order valence-corrected chi connectivity index (χ0v) is 11.2. The van der Waals surface area contributed by atoms with Crippen molar-refractivity contribution in [2.45, 2.75) is 37.9 Å². The van der Waals surface area contributed by atoms with E-state index in [0.717, 1.165) is 0 Å². The molecular formula is C11H23NO3S. The molecule has 0 saturated heterocycles. The minimum absolute atomic E-state index is 0. The summed E-state index contributed by atoms with van der Waals surface area (Å²) in [6, 6.07) is 0. The van der Waals surface area contributed by atoms with E-state index in [0.29, 0.717) is 19.3 Å². The van der Waals surface area contributed by atoms with Crippen LogP contribution in [0.25, 0.3) is 0 Å². The van der Waals surface area contributed by atoms with Crippen LogP contribution in [0, 0.1) is 5.92 Å². The van der Waals surface area contributed by atoms with E-state index in [1.165, 1.54) is 6.92 Å². The molecule has 0 fully saturated rings. The molecule has 4 N–H and O–H groups in total. The Balaban J connectivity index is 0. The van der Waals surface area contributed by atoms with Crippen LogP contribution in [0.5, 0.6) is 0 Å². The Morgan fingerprint density at radius 1 is 1.31 bits per heavy atom. The molecule has 0 heterocycles. The summed E-state index contributed by atoms with van der Waals surface area (Å²) in [4.78, 5) is 0. The first kappa shape index (κ1) is 17.7. The molecule has 4 nitrogen and oxygen atoms in total. The van der Waals surface area contributed by atoms with Gasteiger partial charge in [-0.2, -0.15) is 0 Å². The van der Waals surface area contributed by atoms with Gasteiger partial charge in [0.2, 0.25) is 0 Å². The highest BCUT2D eigenvalue weighted by atomic mass is 32.2. The maximum absolute atomic E-state index is 11.3. The molecule has 0 aromatic carbocycles. The smallest absolute Gasteiger partial charge is 0.100 e. The van der Waals surface area contributed by atoms with Gasteiger partial charge in [0.25, 0.3) is 0 Å². The second kappa shape index (κ2) is 6.83. The van der Waals surface area contributed by atoms with Gasteiger partial charge >= 0.3 is 0 Å². The molecule has 0 aliphatic carbocycles. The first-order valence-corrected chi connectivity index (χ1v) is 6.41. The quantitative estimate of drug-likeness (QED) is 0.555. The highest BCUT2D eigenvalue weighted by Crippen LogP contribution is 2.34. The van der Waals surface area contributed by atoms with Crippen LogP contribution in [0.1, 0.15) is 33.1 Å². The Morgan fingerprint density at radius 3 is 1.88 bits per heavy atom. The molecule has 0 aromatic heterocycles. The van der Waals surface area contributed by atoms with Gasteiger partial charge in [0.15, 0.2) is 0 Å². The van der Waals surface area contributed by atoms with Crippen LogP contribution in [0.4, 0.5) is 0 Å². The third-order valence-electron chi connectivity index (χ3n) is 3.04. The summed E-state index contributed by atoms with van der Waals surface area (Å²) in [6.45, 7) is 10.4. The molecule has 0 radical (unpaired) electrons. The van der Waals surface area contributed by atoms with Crippen LogP contribution >= 0.6 is 0 Å². The van der Waals surface area contributed by atoms with Crippen molar-refractivity contribution in [3.05, 3.63) is 25.3 Å². The molecule has 0 aliphatic rings. The number of quaternary nitrogens is 1. The maximum Gasteiger partial charge on any atom is 0.100 e. The molecule has 96 valence electrons. The van der Waals surface area contributed by atoms with E-state index in [9.17, 15) is 13.0 Å². The molecule has 16 heavy (non-hydrogen) atoms. The summed E-state index contributed by atoms with van der Waals surface area (Å²) < 4.78 is 32.5. The molecule has 5 heteroatoms. The summed E-state index contributed by atoms with van der Waals surface area (Å²) >= 11 is 0. The van der Waals surface area contributed by atoms with Crippen molar-refractivity contribution >= 4 is 10.1 Å². The standard InChI is InChI=1S/C11H20O3S.H3N/c1-5-8-10(9-6-2)11(4,7-3)15(12,13)14;/h5-6,10H,1-2,7-9H2,3-4H3,(H,12,13,14);1H3. The Labute approximate surface area is 98.8 Å². The van der Waals surface area contributed by atoms with Gasteiger partial charge in [0, 0.05) is 0 Å². The predicted octanol–water partition coefficient (Wildman–Crippen LogP) is 2.84. The van der Waals surface area contributed by atoms with E-state index in [2.05, 4.69) is 13.2 Å². The van der Waals surface area contributed by atoms with E-state index in [-0.39, 0.29) is 12.1 Å². The van der Waals surface area contributed by atoms with Gasteiger partial charge in [0.05, 0.1) is 4.75 Å². The molecule has 1 unspecified atom stereocenters. The highest BCUT2D eigenvalue weighted by molar-refractivity contribution is 7.87. The molecule has 0 saturated carbocycles. The van der Waals surface area contributed by atoms with Crippen LogP contribution < -0.4 is 6.15 Å². The summed E-state index contributed by atoms with van der Waals surface area (Å²) in [5, 5.41) is 0. The van der Waals surface area contributed by atoms with Gasteiger partial charge in [-0.1, -0.05) is 19.1 Å². The zero-order chi connectivity index (χ0) is 12.1. The number of rotatable bonds is 7. The molecule has 0 rings (SSSR count). The molecule has 0 aromatic rings. The first-order chi connectivity index (χ1) is 6.83. The molecule has 1 atom stereocenters. The molecular weight excluding hydrogens is 226 g/mol. The zero-order valence-electron chi connectivity index (χ0n) is 10.4. The van der Waals surface area contributed by atoms with Gasteiger partial charge in [-0.25, -0.2) is 8.42 Å². The number of allylic oxidation sites excluding steroid dienone is 2. The highest BCUT2D eigenvalue weighted by Gasteiger charge is 2.37. The summed E-state index contributed by atoms with van der Waals surface area (Å²) in [6.07, 6.45) is 4.63. The van der Waals surface area contributed by atoms with Crippen molar-refractivity contribution in [1.82, 2.24) is 6.15 Å². The van der Waals surface area contributed by atoms with Crippen molar-refractivity contribution in [3.63, 3.8) is 0 Å². The lowest BCUT2D eigenvalue weighted by Gasteiger charge is -2.38. The van der Waals surface area contributed by atoms with Crippen molar-refractivity contribution in [3.8, 4) is 0 Å². The van der Waals surface area contributed by atoms with Crippen LogP contribution in [0.2, 0.25) is 0 Å². The molecule has 0 aliphatic heterocycles. The third-order valence-corrected chi connectivity index (χ3v) is 4.80. The van der Waals surface area contributed by atoms with Gasteiger partial charge in [-0.3, -0.25) is 0 Å². The first-order valence-electron chi connectivity index (χ1n) is 5.00. The van der Waals surface area contributed by atoms with E-state index < -0.39 is 14.9 Å². The van der Waals surface area contributed by atoms with Crippen molar-refractivity contribution < 1.29 is 13.0 Å². The van der Waals surface area contributed by atoms with E-state index >= 15 is 0 Å². The Bertz CT molecular complexity index is 314. The average molecular weight is 249 g/mol. The van der Waals surface area contributed by atoms with Crippen LogP contribution in [0.15, 0.2) is 25.3 Å². The van der Waals surface area contributed by atoms with E-state index in [4.69, 9.17) is 0 Å². The number of hydrogen-bond donors (Lipinski definition) is 1. The Hall–Kier alpha value is -0.650. The van der Waals surface area contributed by atoms with E-state index in [1.807, 2.05) is 0 Å². The average Bonchev–Trinajstić information content (AvgIpc) is 2.14. The maximum atomic E-state index is 11.3. The topological polar surface area (TPSA) is 93.7 Å². The summed E-state index contributed by atoms with van der Waals surface area (Å²) in [5.41, 5.74) is 0. The fourth-order valence-electron chi connectivity index (χ4n) is 1.67. The fraction of sp³-hybridized carbons (Fsp3) is 0.636. The molecule has 0 amide bonds. The normalized spacial score (nSPS) is 15.0. The van der Waals surface area contributed by atoms with Crippen LogP contribution in [0.3, 0.4) is 0 Å². The van der Waals surface area contributed by atoms with Gasteiger partial charge in [-0.15, -0.1) is 13.2 Å². The Kier molecular flexibility index (Phi) is 7.57.